The molecule has 1 N–H and O–H groups in total. The third-order valence-electron chi connectivity index (χ3n) is 4.61. The molecule has 5 nitrogen and oxygen atoms in total. The van der Waals surface area contributed by atoms with Gasteiger partial charge >= 0.3 is 4.87 Å². The Labute approximate surface area is 151 Å². The molecule has 0 saturated heterocycles. The molecule has 0 aliphatic rings. The highest BCUT2D eigenvalue weighted by atomic mass is 32.2. The number of fused-ring (bicyclic) bond motifs is 1. The van der Waals surface area contributed by atoms with Gasteiger partial charge in [-0.15, -0.1) is 0 Å². The van der Waals surface area contributed by atoms with Gasteiger partial charge < -0.3 is 4.57 Å². The maximum absolute atomic E-state index is 13.0. The summed E-state index contributed by atoms with van der Waals surface area (Å²) in [6.45, 7) is 7.47. The second kappa shape index (κ2) is 6.00. The van der Waals surface area contributed by atoms with Crippen LogP contribution in [0.25, 0.3) is 10.2 Å². The first-order valence-corrected chi connectivity index (χ1v) is 10.1. The molecule has 3 rings (SSSR count). The van der Waals surface area contributed by atoms with Gasteiger partial charge in [-0.05, 0) is 68.1 Å². The lowest BCUT2D eigenvalue weighted by Gasteiger charge is -2.16. The zero-order valence-corrected chi connectivity index (χ0v) is 16.4. The zero-order valence-electron chi connectivity index (χ0n) is 14.8. The molecular weight excluding hydrogens is 356 g/mol. The number of aromatic nitrogens is 1. The average molecular weight is 377 g/mol. The summed E-state index contributed by atoms with van der Waals surface area (Å²) in [5.41, 5.74) is 4.63. The molecule has 3 aromatic rings. The SMILES string of the molecule is Cc1cc(C)c(C)c(S(=O)(=O)Nc2ccc3c(c2)sc(=O)n3C)c1C. The number of thiazole rings is 1. The van der Waals surface area contributed by atoms with Crippen LogP contribution in [0.2, 0.25) is 0 Å². The van der Waals surface area contributed by atoms with Gasteiger partial charge in [-0.1, -0.05) is 17.4 Å². The Hall–Kier alpha value is -2.12. The van der Waals surface area contributed by atoms with Gasteiger partial charge in [0.1, 0.15) is 0 Å². The van der Waals surface area contributed by atoms with Crippen LogP contribution >= 0.6 is 11.3 Å². The second-order valence-electron chi connectivity index (χ2n) is 6.30. The minimum absolute atomic E-state index is 0.0731. The quantitative estimate of drug-likeness (QED) is 0.759. The molecule has 0 amide bonds. The molecule has 0 saturated carbocycles. The lowest BCUT2D eigenvalue weighted by molar-refractivity contribution is 0.599. The van der Waals surface area contributed by atoms with Crippen LogP contribution in [0.1, 0.15) is 22.3 Å². The summed E-state index contributed by atoms with van der Waals surface area (Å²) in [6.07, 6.45) is 0. The maximum Gasteiger partial charge on any atom is 0.307 e. The van der Waals surface area contributed by atoms with Crippen molar-refractivity contribution in [3.05, 3.63) is 56.2 Å². The topological polar surface area (TPSA) is 68.2 Å². The largest absolute Gasteiger partial charge is 0.307 e. The van der Waals surface area contributed by atoms with Crippen LogP contribution < -0.4 is 9.60 Å². The molecule has 132 valence electrons. The summed E-state index contributed by atoms with van der Waals surface area (Å²) in [5.74, 6) is 0. The van der Waals surface area contributed by atoms with Crippen LogP contribution in [0.3, 0.4) is 0 Å². The number of benzene rings is 2. The summed E-state index contributed by atoms with van der Waals surface area (Å²) < 4.78 is 30.9. The van der Waals surface area contributed by atoms with Crippen molar-refractivity contribution in [1.29, 1.82) is 0 Å². The van der Waals surface area contributed by atoms with E-state index >= 15 is 0 Å². The van der Waals surface area contributed by atoms with E-state index in [0.717, 1.165) is 43.8 Å². The molecule has 0 fully saturated rings. The lowest BCUT2D eigenvalue weighted by atomic mass is 10.0. The predicted octanol–water partition coefficient (Wildman–Crippen LogP) is 3.63. The number of aryl methyl sites for hydroxylation is 3. The summed E-state index contributed by atoms with van der Waals surface area (Å²) in [7, 11) is -2.02. The monoisotopic (exact) mass is 376 g/mol. The molecule has 0 radical (unpaired) electrons. The van der Waals surface area contributed by atoms with Crippen molar-refractivity contribution in [3.63, 3.8) is 0 Å². The van der Waals surface area contributed by atoms with Crippen LogP contribution in [0.15, 0.2) is 34.0 Å². The van der Waals surface area contributed by atoms with E-state index < -0.39 is 10.0 Å². The maximum atomic E-state index is 13.0. The van der Waals surface area contributed by atoms with Crippen molar-refractivity contribution in [3.8, 4) is 0 Å². The minimum Gasteiger partial charge on any atom is -0.302 e. The van der Waals surface area contributed by atoms with Gasteiger partial charge in [0.2, 0.25) is 0 Å². The van der Waals surface area contributed by atoms with Crippen LogP contribution in [-0.2, 0) is 17.1 Å². The van der Waals surface area contributed by atoms with E-state index in [0.29, 0.717) is 10.6 Å². The van der Waals surface area contributed by atoms with Crippen molar-refractivity contribution >= 4 is 37.3 Å². The van der Waals surface area contributed by atoms with Crippen LogP contribution in [0.4, 0.5) is 5.69 Å². The van der Waals surface area contributed by atoms with E-state index in [1.165, 1.54) is 0 Å². The number of nitrogens with zero attached hydrogens (tertiary/aromatic N) is 1. The third kappa shape index (κ3) is 2.98. The first-order valence-electron chi connectivity index (χ1n) is 7.81. The number of hydrogen-bond donors (Lipinski definition) is 1. The van der Waals surface area contributed by atoms with Gasteiger partial charge in [0, 0.05) is 7.05 Å². The normalized spacial score (nSPS) is 11.9. The summed E-state index contributed by atoms with van der Waals surface area (Å²) in [6, 6.07) is 7.13. The Morgan fingerprint density at radius 2 is 1.60 bits per heavy atom. The summed E-state index contributed by atoms with van der Waals surface area (Å²) in [4.78, 5) is 12.0. The molecule has 0 bridgehead atoms. The Bertz CT molecular complexity index is 1130. The highest BCUT2D eigenvalue weighted by molar-refractivity contribution is 7.92. The standard InChI is InChI=1S/C18H20N2O3S2/c1-10-8-11(2)13(4)17(12(10)3)25(22,23)19-14-6-7-15-16(9-14)24-18(21)20(15)5/h6-9,19H,1-5H3. The highest BCUT2D eigenvalue weighted by Crippen LogP contribution is 2.29. The molecule has 0 unspecified atom stereocenters. The van der Waals surface area contributed by atoms with E-state index in [4.69, 9.17) is 0 Å². The molecule has 0 spiro atoms. The molecule has 0 aliphatic heterocycles. The number of anilines is 1. The van der Waals surface area contributed by atoms with Crippen molar-refractivity contribution < 1.29 is 8.42 Å². The van der Waals surface area contributed by atoms with Gasteiger partial charge in [0.15, 0.2) is 0 Å². The summed E-state index contributed by atoms with van der Waals surface area (Å²) >= 11 is 1.10. The Morgan fingerprint density at radius 1 is 1.00 bits per heavy atom. The third-order valence-corrected chi connectivity index (χ3v) is 7.26. The van der Waals surface area contributed by atoms with Crippen LogP contribution in [0.5, 0.6) is 0 Å². The van der Waals surface area contributed by atoms with Gasteiger partial charge in [0.05, 0.1) is 20.8 Å². The number of rotatable bonds is 3. The average Bonchev–Trinajstić information content (AvgIpc) is 2.79. The molecular formula is C18H20N2O3S2. The van der Waals surface area contributed by atoms with E-state index in [9.17, 15) is 13.2 Å². The fourth-order valence-corrected chi connectivity index (χ4v) is 5.57. The van der Waals surface area contributed by atoms with E-state index in [1.807, 2.05) is 33.8 Å². The molecule has 1 heterocycles. The molecule has 7 heteroatoms. The van der Waals surface area contributed by atoms with Crippen LogP contribution in [0, 0.1) is 27.7 Å². The van der Waals surface area contributed by atoms with Crippen molar-refractivity contribution in [2.45, 2.75) is 32.6 Å². The second-order valence-corrected chi connectivity index (χ2v) is 8.92. The van der Waals surface area contributed by atoms with E-state index in [1.54, 1.807) is 29.8 Å². The van der Waals surface area contributed by atoms with Crippen molar-refractivity contribution in [2.24, 2.45) is 7.05 Å². The van der Waals surface area contributed by atoms with E-state index in [2.05, 4.69) is 4.72 Å². The Morgan fingerprint density at radius 3 is 2.20 bits per heavy atom. The first kappa shape index (κ1) is 17.7. The predicted molar refractivity (Wildman–Crippen MR) is 103 cm³/mol. The first-order chi connectivity index (χ1) is 11.6. The van der Waals surface area contributed by atoms with Gasteiger partial charge in [-0.25, -0.2) is 8.42 Å². The zero-order chi connectivity index (χ0) is 18.5. The van der Waals surface area contributed by atoms with Gasteiger partial charge in [-0.2, -0.15) is 0 Å². The fraction of sp³-hybridized carbons (Fsp3) is 0.278. The molecule has 1 aromatic heterocycles. The van der Waals surface area contributed by atoms with Crippen molar-refractivity contribution in [1.82, 2.24) is 4.57 Å². The number of hydrogen-bond acceptors (Lipinski definition) is 4. The summed E-state index contributed by atoms with van der Waals surface area (Å²) in [5, 5.41) is 0. The molecule has 0 aliphatic carbocycles. The van der Waals surface area contributed by atoms with Gasteiger partial charge in [-0.3, -0.25) is 9.52 Å². The van der Waals surface area contributed by atoms with Crippen molar-refractivity contribution in [2.75, 3.05) is 4.72 Å². The smallest absolute Gasteiger partial charge is 0.302 e. The van der Waals surface area contributed by atoms with E-state index in [-0.39, 0.29) is 4.87 Å². The molecule has 0 atom stereocenters. The Kier molecular flexibility index (Phi) is 4.25. The molecule has 25 heavy (non-hydrogen) atoms. The minimum atomic E-state index is -3.72. The number of sulfonamides is 1. The fourth-order valence-electron chi connectivity index (χ4n) is 2.99. The molecule has 2 aromatic carbocycles. The van der Waals surface area contributed by atoms with Crippen LogP contribution in [-0.4, -0.2) is 13.0 Å². The lowest BCUT2D eigenvalue weighted by Crippen LogP contribution is -2.17. The van der Waals surface area contributed by atoms with Gasteiger partial charge in [0.25, 0.3) is 10.0 Å². The number of nitrogens with one attached hydrogen (secondary N) is 1. The highest BCUT2D eigenvalue weighted by Gasteiger charge is 2.22. The Balaban J connectivity index is 2.10.